The second-order valence-electron chi connectivity index (χ2n) is 5.21. The number of hydrogen-bond donors (Lipinski definition) is 2. The summed E-state index contributed by atoms with van der Waals surface area (Å²) in [5, 5.41) is 9.33. The molecular weight excluding hydrogens is 224 g/mol. The smallest absolute Gasteiger partial charge is 0.0476 e. The van der Waals surface area contributed by atoms with E-state index in [1.165, 1.54) is 11.3 Å². The van der Waals surface area contributed by atoms with Crippen LogP contribution in [0.4, 0.5) is 5.69 Å². The fourth-order valence-corrected chi connectivity index (χ4v) is 2.74. The average molecular weight is 248 g/mol. The van der Waals surface area contributed by atoms with Gasteiger partial charge in [-0.25, -0.2) is 0 Å². The number of nitrogens with zero attached hydrogens (tertiary/aromatic N) is 1. The Morgan fingerprint density at radius 3 is 2.94 bits per heavy atom. The van der Waals surface area contributed by atoms with Crippen molar-refractivity contribution in [2.24, 2.45) is 11.7 Å². The Labute approximate surface area is 110 Å². The maximum Gasteiger partial charge on any atom is 0.0476 e. The molecule has 1 fully saturated rings. The van der Waals surface area contributed by atoms with Gasteiger partial charge in [0.15, 0.2) is 0 Å². The van der Waals surface area contributed by atoms with Crippen LogP contribution in [0.25, 0.3) is 0 Å². The molecule has 3 heteroatoms. The molecule has 1 aliphatic heterocycles. The van der Waals surface area contributed by atoms with Crippen molar-refractivity contribution in [3.63, 3.8) is 0 Å². The molecule has 1 saturated heterocycles. The van der Waals surface area contributed by atoms with E-state index in [0.29, 0.717) is 12.5 Å². The molecule has 1 aromatic carbocycles. The van der Waals surface area contributed by atoms with E-state index < -0.39 is 0 Å². The van der Waals surface area contributed by atoms with Gasteiger partial charge in [-0.2, -0.15) is 0 Å². The van der Waals surface area contributed by atoms with Crippen LogP contribution >= 0.6 is 0 Å². The lowest BCUT2D eigenvalue weighted by molar-refractivity contribution is 0.208. The minimum absolute atomic E-state index is 0.107. The fraction of sp³-hybridized carbons (Fsp3) is 0.600. The summed E-state index contributed by atoms with van der Waals surface area (Å²) >= 11 is 0. The zero-order valence-electron chi connectivity index (χ0n) is 11.2. The first-order valence-corrected chi connectivity index (χ1v) is 6.96. The number of hydrogen-bond acceptors (Lipinski definition) is 3. The van der Waals surface area contributed by atoms with Gasteiger partial charge in [0.2, 0.25) is 0 Å². The molecule has 1 aliphatic rings. The summed E-state index contributed by atoms with van der Waals surface area (Å²) in [6.07, 6.45) is 3.24. The van der Waals surface area contributed by atoms with Gasteiger partial charge in [-0.05, 0) is 36.8 Å². The van der Waals surface area contributed by atoms with Gasteiger partial charge in [0.1, 0.15) is 0 Å². The summed E-state index contributed by atoms with van der Waals surface area (Å²) in [6, 6.07) is 8.53. The van der Waals surface area contributed by atoms with E-state index in [2.05, 4.69) is 36.1 Å². The highest BCUT2D eigenvalue weighted by molar-refractivity contribution is 5.55. The van der Waals surface area contributed by atoms with E-state index in [1.807, 2.05) is 0 Å². The number of rotatable bonds is 4. The van der Waals surface area contributed by atoms with E-state index in [-0.39, 0.29) is 6.04 Å². The van der Waals surface area contributed by atoms with E-state index in [0.717, 1.165) is 32.4 Å². The Morgan fingerprint density at radius 1 is 1.44 bits per heavy atom. The molecule has 0 aromatic heterocycles. The van der Waals surface area contributed by atoms with Gasteiger partial charge in [0.25, 0.3) is 0 Å². The Hall–Kier alpha value is -1.06. The molecule has 3 N–H and O–H groups in total. The normalized spacial score (nSPS) is 21.9. The summed E-state index contributed by atoms with van der Waals surface area (Å²) in [4.78, 5) is 2.38. The van der Waals surface area contributed by atoms with Crippen molar-refractivity contribution in [3.8, 4) is 0 Å². The second kappa shape index (κ2) is 6.21. The van der Waals surface area contributed by atoms with Crippen LogP contribution in [-0.2, 0) is 0 Å². The number of nitrogens with two attached hydrogens (primary N) is 1. The van der Waals surface area contributed by atoms with Crippen LogP contribution in [0.3, 0.4) is 0 Å². The molecule has 0 spiro atoms. The molecule has 100 valence electrons. The molecule has 2 atom stereocenters. The third-order valence-electron chi connectivity index (χ3n) is 3.89. The number of benzene rings is 1. The van der Waals surface area contributed by atoms with E-state index in [4.69, 9.17) is 5.73 Å². The Balaban J connectivity index is 2.21. The zero-order chi connectivity index (χ0) is 13.0. The summed E-state index contributed by atoms with van der Waals surface area (Å²) in [5.41, 5.74) is 8.68. The van der Waals surface area contributed by atoms with Crippen molar-refractivity contribution in [1.29, 1.82) is 0 Å². The molecule has 1 heterocycles. The summed E-state index contributed by atoms with van der Waals surface area (Å²) in [6.45, 7) is 4.43. The van der Waals surface area contributed by atoms with Crippen molar-refractivity contribution >= 4 is 5.69 Å². The first-order valence-electron chi connectivity index (χ1n) is 6.96. The quantitative estimate of drug-likeness (QED) is 0.859. The largest absolute Gasteiger partial charge is 0.396 e. The van der Waals surface area contributed by atoms with Crippen LogP contribution in [0.15, 0.2) is 24.3 Å². The SMILES string of the molecule is CCC(N)c1ccccc1N1CCCC(CO)C1. The molecule has 0 bridgehead atoms. The monoisotopic (exact) mass is 248 g/mol. The number of piperidine rings is 1. The van der Waals surface area contributed by atoms with Crippen LogP contribution < -0.4 is 10.6 Å². The lowest BCUT2D eigenvalue weighted by Gasteiger charge is -2.35. The highest BCUT2D eigenvalue weighted by Gasteiger charge is 2.22. The van der Waals surface area contributed by atoms with Gasteiger partial charge < -0.3 is 15.7 Å². The summed E-state index contributed by atoms with van der Waals surface area (Å²) in [5.74, 6) is 0.407. The Bertz CT molecular complexity index is 381. The first kappa shape index (κ1) is 13.4. The molecule has 1 aromatic rings. The summed E-state index contributed by atoms with van der Waals surface area (Å²) < 4.78 is 0. The van der Waals surface area contributed by atoms with Crippen LogP contribution in [0, 0.1) is 5.92 Å². The van der Waals surface area contributed by atoms with Crippen LogP contribution in [-0.4, -0.2) is 24.8 Å². The van der Waals surface area contributed by atoms with Crippen molar-refractivity contribution in [2.75, 3.05) is 24.6 Å². The molecule has 0 radical (unpaired) electrons. The zero-order valence-corrected chi connectivity index (χ0v) is 11.2. The van der Waals surface area contributed by atoms with E-state index >= 15 is 0 Å². The van der Waals surface area contributed by atoms with E-state index in [1.54, 1.807) is 0 Å². The van der Waals surface area contributed by atoms with Gasteiger partial charge in [0.05, 0.1) is 0 Å². The minimum Gasteiger partial charge on any atom is -0.396 e. The Kier molecular flexibility index (Phi) is 4.61. The third kappa shape index (κ3) is 2.85. The maximum atomic E-state index is 9.33. The average Bonchev–Trinajstić information content (AvgIpc) is 2.46. The molecule has 18 heavy (non-hydrogen) atoms. The van der Waals surface area contributed by atoms with Crippen LogP contribution in [0.2, 0.25) is 0 Å². The maximum absolute atomic E-state index is 9.33. The van der Waals surface area contributed by atoms with Gasteiger partial charge >= 0.3 is 0 Å². The number of aliphatic hydroxyl groups excluding tert-OH is 1. The lowest BCUT2D eigenvalue weighted by Crippen LogP contribution is -2.37. The molecule has 0 amide bonds. The fourth-order valence-electron chi connectivity index (χ4n) is 2.74. The molecule has 2 rings (SSSR count). The standard InChI is InChI=1S/C15H24N2O/c1-2-14(16)13-7-3-4-8-15(13)17-9-5-6-12(10-17)11-18/h3-4,7-8,12,14,18H,2,5-6,9-11,16H2,1H3. The third-order valence-corrected chi connectivity index (χ3v) is 3.89. The molecular formula is C15H24N2O. The molecule has 3 nitrogen and oxygen atoms in total. The minimum atomic E-state index is 0.107. The van der Waals surface area contributed by atoms with Gasteiger partial charge in [0, 0.05) is 31.4 Å². The first-order chi connectivity index (χ1) is 8.76. The number of anilines is 1. The molecule has 0 aliphatic carbocycles. The molecule has 0 saturated carbocycles. The van der Waals surface area contributed by atoms with Crippen LogP contribution in [0.1, 0.15) is 37.8 Å². The van der Waals surface area contributed by atoms with Crippen molar-refractivity contribution in [3.05, 3.63) is 29.8 Å². The lowest BCUT2D eigenvalue weighted by atomic mass is 9.96. The van der Waals surface area contributed by atoms with Crippen molar-refractivity contribution < 1.29 is 5.11 Å². The van der Waals surface area contributed by atoms with Crippen LogP contribution in [0.5, 0.6) is 0 Å². The molecule has 2 unspecified atom stereocenters. The summed E-state index contributed by atoms with van der Waals surface area (Å²) in [7, 11) is 0. The van der Waals surface area contributed by atoms with Crippen molar-refractivity contribution in [1.82, 2.24) is 0 Å². The topological polar surface area (TPSA) is 49.5 Å². The Morgan fingerprint density at radius 2 is 2.22 bits per heavy atom. The highest BCUT2D eigenvalue weighted by atomic mass is 16.3. The van der Waals surface area contributed by atoms with Gasteiger partial charge in [-0.15, -0.1) is 0 Å². The number of para-hydroxylation sites is 1. The number of aliphatic hydroxyl groups is 1. The predicted octanol–water partition coefficient (Wildman–Crippen LogP) is 2.31. The van der Waals surface area contributed by atoms with Gasteiger partial charge in [-0.3, -0.25) is 0 Å². The van der Waals surface area contributed by atoms with E-state index in [9.17, 15) is 5.11 Å². The van der Waals surface area contributed by atoms with Crippen molar-refractivity contribution in [2.45, 2.75) is 32.2 Å². The highest BCUT2D eigenvalue weighted by Crippen LogP contribution is 2.30. The predicted molar refractivity (Wildman–Crippen MR) is 75.7 cm³/mol. The second-order valence-corrected chi connectivity index (χ2v) is 5.21. The van der Waals surface area contributed by atoms with Gasteiger partial charge in [-0.1, -0.05) is 25.1 Å².